The van der Waals surface area contributed by atoms with Crippen molar-refractivity contribution in [3.63, 3.8) is 0 Å². The summed E-state index contributed by atoms with van der Waals surface area (Å²) in [5.41, 5.74) is 0. The molecular formula is C8H18O3. The Labute approximate surface area is 92.2 Å². The molecule has 0 fully saturated rings. The van der Waals surface area contributed by atoms with Crippen LogP contribution < -0.4 is 0 Å². The molecule has 3 nitrogen and oxygen atoms in total. The zero-order chi connectivity index (χ0) is 23.4. The van der Waals surface area contributed by atoms with Crippen molar-refractivity contribution in [3.05, 3.63) is 0 Å². The largest absolute Gasteiger partial charge is 0.394 e. The number of hydrogen-bond acceptors (Lipinski definition) is 3. The molecule has 0 amide bonds. The van der Waals surface area contributed by atoms with Crippen LogP contribution in [0.3, 0.4) is 0 Å². The third-order valence-electron chi connectivity index (χ3n) is 0.405. The highest BCUT2D eigenvalue weighted by molar-refractivity contribution is 4.33. The van der Waals surface area contributed by atoms with Gasteiger partial charge in [-0.2, -0.15) is 0 Å². The Bertz CT molecular complexity index is 558. The van der Waals surface area contributed by atoms with E-state index in [9.17, 15) is 0 Å². The lowest BCUT2D eigenvalue weighted by Gasteiger charge is -2.02. The minimum absolute atomic E-state index is 3.74. The number of hydrogen-bond donors (Lipinski definition) is 1. The minimum Gasteiger partial charge on any atom is -0.394 e. The third-order valence-corrected chi connectivity index (χ3v) is 0.405. The van der Waals surface area contributed by atoms with Crippen molar-refractivity contribution in [2.24, 2.45) is 0 Å². The van der Waals surface area contributed by atoms with Gasteiger partial charge in [-0.1, -0.05) is 13.2 Å². The molecule has 0 aromatic carbocycles. The van der Waals surface area contributed by atoms with E-state index in [0.29, 0.717) is 0 Å². The summed E-state index contributed by atoms with van der Waals surface area (Å²) in [5.74, 6) is 0. The molecule has 0 spiro atoms. The van der Waals surface area contributed by atoms with Crippen LogP contribution in [0.5, 0.6) is 0 Å². The van der Waals surface area contributed by atoms with Crippen molar-refractivity contribution in [2.45, 2.75) is 19.6 Å². The molecule has 0 saturated heterocycles. The van der Waals surface area contributed by atoms with E-state index >= 15 is 0 Å². The Hall–Kier alpha value is -0.120. The monoisotopic (exact) mass is 179 g/mol. The van der Waals surface area contributed by atoms with Crippen LogP contribution in [0.1, 0.15) is 42.9 Å². The zero-order valence-corrected chi connectivity index (χ0v) is 5.26. The fourth-order valence-electron chi connectivity index (χ4n) is 0.167. The first kappa shape index (κ1) is 1.47. The van der Waals surface area contributed by atoms with Crippen molar-refractivity contribution < 1.29 is 37.9 Å². The minimum atomic E-state index is -4.14. The summed E-state index contributed by atoms with van der Waals surface area (Å²) in [6, 6.07) is 0. The Balaban J connectivity index is 5.96. The second-order valence-corrected chi connectivity index (χ2v) is 0.974. The van der Waals surface area contributed by atoms with Gasteiger partial charge in [-0.05, 0) is 6.37 Å². The molecule has 0 radical (unpaired) electrons. The van der Waals surface area contributed by atoms with E-state index < -0.39 is 52.4 Å². The topological polar surface area (TPSA) is 38.7 Å². The molecule has 1 N–H and O–H groups in total. The molecule has 0 atom stereocenters. The van der Waals surface area contributed by atoms with E-state index in [0.717, 1.165) is 0 Å². The summed E-state index contributed by atoms with van der Waals surface area (Å²) >= 11 is 0. The molecule has 0 rings (SSSR count). The fourth-order valence-corrected chi connectivity index (χ4v) is 0.167. The lowest BCUT2D eigenvalue weighted by molar-refractivity contribution is 0.0324. The van der Waals surface area contributed by atoms with Gasteiger partial charge in [-0.25, -0.2) is 0 Å². The molecule has 3 heteroatoms. The maximum Gasteiger partial charge on any atom is 0.0701 e. The standard InChI is InChI=1S/C8H18O3/c1-2-3-5-10-7-8-11-6-4-9/h9H,2-8H2,1H3/i1D3,2D2,3D2,4D2,5D2,6D2,7D2,8D2. The first-order chi connectivity index (χ1) is 11.7. The summed E-state index contributed by atoms with van der Waals surface area (Å²) in [6.45, 7) is -23.8. The Morgan fingerprint density at radius 1 is 1.27 bits per heavy atom. The van der Waals surface area contributed by atoms with Gasteiger partial charge in [0.1, 0.15) is 0 Å². The average Bonchev–Trinajstić information content (AvgIpc) is 2.32. The van der Waals surface area contributed by atoms with Crippen LogP contribution in [-0.2, 0) is 9.47 Å². The second-order valence-electron chi connectivity index (χ2n) is 0.974. The van der Waals surface area contributed by atoms with E-state index in [1.807, 2.05) is 0 Å². The molecule has 0 aliphatic carbocycles. The van der Waals surface area contributed by atoms with Gasteiger partial charge in [-0.15, -0.1) is 0 Å². The van der Waals surface area contributed by atoms with E-state index in [-0.39, 0.29) is 0 Å². The van der Waals surface area contributed by atoms with Gasteiger partial charge in [0.05, 0.1) is 39.9 Å². The summed E-state index contributed by atoms with van der Waals surface area (Å²) in [7, 11) is 0. The lowest BCUT2D eigenvalue weighted by atomic mass is 10.4. The molecule has 0 aliphatic heterocycles. The molecule has 0 unspecified atom stereocenters. The van der Waals surface area contributed by atoms with Crippen LogP contribution in [0, 0.1) is 0 Å². The highest BCUT2D eigenvalue weighted by Crippen LogP contribution is 1.87. The summed E-state index contributed by atoms with van der Waals surface area (Å²) < 4.78 is 131. The van der Waals surface area contributed by atoms with Crippen LogP contribution in [0.25, 0.3) is 0 Å². The second kappa shape index (κ2) is 9.88. The van der Waals surface area contributed by atoms with Crippen LogP contribution >= 0.6 is 0 Å². The van der Waals surface area contributed by atoms with Crippen molar-refractivity contribution >= 4 is 0 Å². The van der Waals surface area contributed by atoms with Crippen LogP contribution in [0.4, 0.5) is 0 Å². The number of rotatable bonds is 8. The van der Waals surface area contributed by atoms with E-state index in [1.54, 1.807) is 0 Å². The zero-order valence-electron chi connectivity index (χ0n) is 22.3. The lowest BCUT2D eigenvalue weighted by Crippen LogP contribution is -2.07. The normalized spacial score (nSPS) is 43.5. The maximum absolute atomic E-state index is 8.99. The molecule has 0 aromatic heterocycles. The van der Waals surface area contributed by atoms with E-state index in [2.05, 4.69) is 9.47 Å². The van der Waals surface area contributed by atoms with Crippen molar-refractivity contribution in [3.8, 4) is 0 Å². The Kier molecular flexibility index (Phi) is 1.32. The SMILES string of the molecule is [2H]C([2H])([2H])C([2H])([2H])C([2H])([2H])C([2H])([2H])OC([2H])([2H])C([2H])([2H])OC([2H])([2H])C([2H])([2H])O. The smallest absolute Gasteiger partial charge is 0.0701 e. The molecule has 68 valence electrons. The van der Waals surface area contributed by atoms with Gasteiger partial charge in [0.25, 0.3) is 0 Å². The molecule has 0 heterocycles. The number of ether oxygens (including phenoxy) is 2. The first-order valence-corrected chi connectivity index (χ1v) is 2.29. The summed E-state index contributed by atoms with van der Waals surface area (Å²) in [6.07, 6.45) is -8.02. The first-order valence-electron chi connectivity index (χ1n) is 10.8. The number of aliphatic hydroxyl groups is 1. The highest BCUT2D eigenvalue weighted by atomic mass is 16.5. The van der Waals surface area contributed by atoms with Crippen LogP contribution in [-0.4, -0.2) is 37.9 Å². The van der Waals surface area contributed by atoms with E-state index in [4.69, 9.17) is 28.4 Å². The van der Waals surface area contributed by atoms with Gasteiger partial charge < -0.3 is 14.6 Å². The predicted octanol–water partition coefficient (Wildman–Crippen LogP) is 0.812. The Morgan fingerprint density at radius 2 is 2.00 bits per heavy atom. The molecular weight excluding hydrogens is 144 g/mol. The summed E-state index contributed by atoms with van der Waals surface area (Å²) in [4.78, 5) is 0. The fraction of sp³-hybridized carbons (Fsp3) is 1.00. The molecule has 0 aliphatic rings. The summed E-state index contributed by atoms with van der Waals surface area (Å²) in [5, 5.41) is 8.99. The quantitative estimate of drug-likeness (QED) is 0.599. The van der Waals surface area contributed by atoms with E-state index in [1.165, 1.54) is 0 Å². The van der Waals surface area contributed by atoms with Gasteiger partial charge in [0.15, 0.2) is 0 Å². The third kappa shape index (κ3) is 9.88. The molecule has 0 bridgehead atoms. The van der Waals surface area contributed by atoms with Crippen molar-refractivity contribution in [1.29, 1.82) is 0 Å². The average molecular weight is 179 g/mol. The predicted molar refractivity (Wildman–Crippen MR) is 43.6 cm³/mol. The van der Waals surface area contributed by atoms with Crippen LogP contribution in [0.2, 0.25) is 0 Å². The van der Waals surface area contributed by atoms with Crippen LogP contribution in [0.15, 0.2) is 0 Å². The highest BCUT2D eigenvalue weighted by Gasteiger charge is 1.87. The molecule has 0 saturated carbocycles. The molecule has 0 aromatic rings. The molecule has 11 heavy (non-hydrogen) atoms. The van der Waals surface area contributed by atoms with Gasteiger partial charge >= 0.3 is 0 Å². The van der Waals surface area contributed by atoms with Gasteiger partial charge in [0, 0.05) is 16.2 Å². The Morgan fingerprint density at radius 3 is 2.64 bits per heavy atom. The maximum atomic E-state index is 8.99. The van der Waals surface area contributed by atoms with Crippen molar-refractivity contribution in [2.75, 3.05) is 32.8 Å². The van der Waals surface area contributed by atoms with Gasteiger partial charge in [0.2, 0.25) is 0 Å². The van der Waals surface area contributed by atoms with Crippen molar-refractivity contribution in [1.82, 2.24) is 0 Å². The van der Waals surface area contributed by atoms with Gasteiger partial charge in [-0.3, -0.25) is 0 Å².